The standard InChI is InChI=1S/C6H4N2OS.H2O/c9-6-4-1-2-10-5(4)3-7-8-6;/h1-3H,(H,8,9);1H2. The Morgan fingerprint density at radius 1 is 1.55 bits per heavy atom. The molecule has 0 spiro atoms. The van der Waals surface area contributed by atoms with E-state index in [2.05, 4.69) is 10.2 Å². The van der Waals surface area contributed by atoms with Crippen molar-refractivity contribution in [1.82, 2.24) is 10.2 Å². The second-order valence-electron chi connectivity index (χ2n) is 1.90. The number of fused-ring (bicyclic) bond motifs is 1. The Kier molecular flexibility index (Phi) is 2.02. The number of hydrogen-bond donors (Lipinski definition) is 1. The van der Waals surface area contributed by atoms with Crippen LogP contribution in [0.3, 0.4) is 0 Å². The first-order valence-corrected chi connectivity index (χ1v) is 3.67. The lowest BCUT2D eigenvalue weighted by Gasteiger charge is -1.82. The Bertz CT molecular complexity index is 406. The first-order valence-electron chi connectivity index (χ1n) is 2.79. The van der Waals surface area contributed by atoms with Gasteiger partial charge in [0.05, 0.1) is 16.3 Å². The molecule has 11 heavy (non-hydrogen) atoms. The minimum atomic E-state index is -0.112. The predicted octanol–water partition coefficient (Wildman–Crippen LogP) is 0.160. The Labute approximate surface area is 65.8 Å². The number of rotatable bonds is 0. The van der Waals surface area contributed by atoms with Gasteiger partial charge in [0.25, 0.3) is 5.56 Å². The van der Waals surface area contributed by atoms with Crippen molar-refractivity contribution in [2.75, 3.05) is 0 Å². The van der Waals surface area contributed by atoms with E-state index in [-0.39, 0.29) is 11.0 Å². The van der Waals surface area contributed by atoms with Crippen LogP contribution in [0.25, 0.3) is 10.1 Å². The molecular formula is C6H6N2O2S. The van der Waals surface area contributed by atoms with Crippen LogP contribution in [-0.2, 0) is 0 Å². The summed E-state index contributed by atoms with van der Waals surface area (Å²) in [6.45, 7) is 0. The van der Waals surface area contributed by atoms with Gasteiger partial charge in [0.2, 0.25) is 0 Å². The molecule has 0 aliphatic rings. The number of hydrogen-bond acceptors (Lipinski definition) is 3. The highest BCUT2D eigenvalue weighted by Gasteiger charge is 1.96. The third-order valence-electron chi connectivity index (χ3n) is 1.29. The molecule has 0 bridgehead atoms. The van der Waals surface area contributed by atoms with E-state index in [9.17, 15) is 4.79 Å². The zero-order chi connectivity index (χ0) is 6.97. The Morgan fingerprint density at radius 3 is 3.09 bits per heavy atom. The molecule has 0 saturated heterocycles. The molecule has 4 nitrogen and oxygen atoms in total. The first kappa shape index (κ1) is 7.90. The summed E-state index contributed by atoms with van der Waals surface area (Å²) in [6.07, 6.45) is 1.65. The normalized spacial score (nSPS) is 9.45. The van der Waals surface area contributed by atoms with Crippen molar-refractivity contribution in [3.8, 4) is 0 Å². The molecular weight excluding hydrogens is 164 g/mol. The molecule has 3 N–H and O–H groups in total. The minimum absolute atomic E-state index is 0. The van der Waals surface area contributed by atoms with E-state index in [1.807, 2.05) is 5.38 Å². The van der Waals surface area contributed by atoms with Gasteiger partial charge in [-0.25, -0.2) is 5.10 Å². The molecule has 2 rings (SSSR count). The van der Waals surface area contributed by atoms with Crippen LogP contribution in [0.5, 0.6) is 0 Å². The third kappa shape index (κ3) is 1.15. The number of aromatic nitrogens is 2. The quantitative estimate of drug-likeness (QED) is 0.611. The highest BCUT2D eigenvalue weighted by molar-refractivity contribution is 7.17. The summed E-state index contributed by atoms with van der Waals surface area (Å²) < 4.78 is 0.934. The van der Waals surface area contributed by atoms with E-state index in [0.29, 0.717) is 0 Å². The van der Waals surface area contributed by atoms with Crippen LogP contribution < -0.4 is 5.56 Å². The lowest BCUT2D eigenvalue weighted by Crippen LogP contribution is -2.05. The molecule has 58 valence electrons. The van der Waals surface area contributed by atoms with E-state index in [0.717, 1.165) is 10.1 Å². The summed E-state index contributed by atoms with van der Waals surface area (Å²) in [6, 6.07) is 1.79. The van der Waals surface area contributed by atoms with Crippen LogP contribution in [-0.4, -0.2) is 15.7 Å². The van der Waals surface area contributed by atoms with E-state index in [1.165, 1.54) is 11.3 Å². The fraction of sp³-hybridized carbons (Fsp3) is 0. The van der Waals surface area contributed by atoms with E-state index in [1.54, 1.807) is 12.3 Å². The Balaban J connectivity index is 0.000000605. The molecule has 0 amide bonds. The van der Waals surface area contributed by atoms with Crippen LogP contribution >= 0.6 is 11.3 Å². The zero-order valence-electron chi connectivity index (χ0n) is 5.50. The molecule has 2 heterocycles. The summed E-state index contributed by atoms with van der Waals surface area (Å²) in [7, 11) is 0. The average molecular weight is 170 g/mol. The smallest absolute Gasteiger partial charge is 0.272 e. The number of nitrogens with zero attached hydrogens (tertiary/aromatic N) is 1. The lowest BCUT2D eigenvalue weighted by atomic mass is 10.4. The van der Waals surface area contributed by atoms with Gasteiger partial charge >= 0.3 is 0 Å². The van der Waals surface area contributed by atoms with Gasteiger partial charge in [-0.3, -0.25) is 4.79 Å². The van der Waals surface area contributed by atoms with Gasteiger partial charge in [0, 0.05) is 0 Å². The van der Waals surface area contributed by atoms with Crippen molar-refractivity contribution < 1.29 is 5.48 Å². The topological polar surface area (TPSA) is 77.2 Å². The van der Waals surface area contributed by atoms with Crippen LogP contribution in [0.15, 0.2) is 22.4 Å². The molecule has 0 fully saturated rings. The van der Waals surface area contributed by atoms with Crippen molar-refractivity contribution in [2.45, 2.75) is 0 Å². The lowest BCUT2D eigenvalue weighted by molar-refractivity contribution is 0.824. The Morgan fingerprint density at radius 2 is 2.36 bits per heavy atom. The van der Waals surface area contributed by atoms with Gasteiger partial charge in [-0.2, -0.15) is 5.10 Å². The van der Waals surface area contributed by atoms with Gasteiger partial charge in [-0.05, 0) is 11.4 Å². The van der Waals surface area contributed by atoms with Crippen LogP contribution in [0.4, 0.5) is 0 Å². The second-order valence-corrected chi connectivity index (χ2v) is 2.85. The fourth-order valence-electron chi connectivity index (χ4n) is 0.818. The van der Waals surface area contributed by atoms with Crippen LogP contribution in [0, 0.1) is 0 Å². The molecule has 0 saturated carbocycles. The molecule has 0 radical (unpaired) electrons. The minimum Gasteiger partial charge on any atom is -0.412 e. The van der Waals surface area contributed by atoms with Gasteiger partial charge in [0.15, 0.2) is 0 Å². The maximum absolute atomic E-state index is 10.9. The molecule has 2 aromatic rings. The number of H-pyrrole nitrogens is 1. The summed E-state index contributed by atoms with van der Waals surface area (Å²) in [4.78, 5) is 10.9. The Hall–Kier alpha value is -1.20. The van der Waals surface area contributed by atoms with E-state index < -0.39 is 0 Å². The fourth-order valence-corrected chi connectivity index (χ4v) is 1.57. The second kappa shape index (κ2) is 2.81. The number of thiophene rings is 1. The van der Waals surface area contributed by atoms with E-state index >= 15 is 0 Å². The number of nitrogens with one attached hydrogen (secondary N) is 1. The zero-order valence-corrected chi connectivity index (χ0v) is 6.31. The molecule has 5 heteroatoms. The molecule has 0 aliphatic heterocycles. The van der Waals surface area contributed by atoms with Crippen molar-refractivity contribution in [3.63, 3.8) is 0 Å². The first-order chi connectivity index (χ1) is 4.88. The van der Waals surface area contributed by atoms with Crippen molar-refractivity contribution in [1.29, 1.82) is 0 Å². The number of aromatic amines is 1. The predicted molar refractivity (Wildman–Crippen MR) is 43.9 cm³/mol. The molecule has 0 unspecified atom stereocenters. The highest BCUT2D eigenvalue weighted by Crippen LogP contribution is 2.13. The molecule has 0 aromatic carbocycles. The SMILES string of the molecule is O.O=c1[nH]ncc2sccc12. The van der Waals surface area contributed by atoms with Gasteiger partial charge < -0.3 is 5.48 Å². The van der Waals surface area contributed by atoms with Crippen LogP contribution in [0.1, 0.15) is 0 Å². The summed E-state index contributed by atoms with van der Waals surface area (Å²) in [5.74, 6) is 0. The van der Waals surface area contributed by atoms with E-state index in [4.69, 9.17) is 0 Å². The molecule has 0 aliphatic carbocycles. The summed E-state index contributed by atoms with van der Waals surface area (Å²) in [5.41, 5.74) is -0.112. The average Bonchev–Trinajstić information content (AvgIpc) is 2.36. The maximum Gasteiger partial charge on any atom is 0.272 e. The van der Waals surface area contributed by atoms with Gasteiger partial charge in [0.1, 0.15) is 0 Å². The summed E-state index contributed by atoms with van der Waals surface area (Å²) in [5, 5.41) is 8.62. The highest BCUT2D eigenvalue weighted by atomic mass is 32.1. The largest absolute Gasteiger partial charge is 0.412 e. The van der Waals surface area contributed by atoms with Crippen molar-refractivity contribution in [2.24, 2.45) is 0 Å². The molecule has 2 aromatic heterocycles. The maximum atomic E-state index is 10.9. The van der Waals surface area contributed by atoms with Crippen LogP contribution in [0.2, 0.25) is 0 Å². The van der Waals surface area contributed by atoms with Crippen molar-refractivity contribution in [3.05, 3.63) is 28.0 Å². The summed E-state index contributed by atoms with van der Waals surface area (Å²) >= 11 is 1.52. The monoisotopic (exact) mass is 170 g/mol. The third-order valence-corrected chi connectivity index (χ3v) is 2.14. The molecule has 0 atom stereocenters. The van der Waals surface area contributed by atoms with Gasteiger partial charge in [-0.1, -0.05) is 0 Å². The van der Waals surface area contributed by atoms with Gasteiger partial charge in [-0.15, -0.1) is 11.3 Å². The van der Waals surface area contributed by atoms with Crippen molar-refractivity contribution >= 4 is 21.4 Å².